The lowest BCUT2D eigenvalue weighted by molar-refractivity contribution is -0.141. The SMILES string of the molecule is Cc1nn(C)c(F)c1C=NNc1nc(-c2cnn(C)c2)cc(C(F)(F)F)n1. The van der Waals surface area contributed by atoms with Gasteiger partial charge in [0, 0.05) is 25.9 Å². The molecule has 0 aliphatic carbocycles. The van der Waals surface area contributed by atoms with Crippen LogP contribution in [0, 0.1) is 12.9 Å². The molecular weight excluding hydrogens is 368 g/mol. The molecule has 0 radical (unpaired) electrons. The summed E-state index contributed by atoms with van der Waals surface area (Å²) >= 11 is 0. The smallest absolute Gasteiger partial charge is 0.275 e. The van der Waals surface area contributed by atoms with Gasteiger partial charge in [-0.25, -0.2) is 20.1 Å². The number of aryl methyl sites for hydroxylation is 3. The van der Waals surface area contributed by atoms with Crippen LogP contribution in [0.1, 0.15) is 17.0 Å². The second-order valence-corrected chi connectivity index (χ2v) is 5.65. The molecule has 142 valence electrons. The fourth-order valence-electron chi connectivity index (χ4n) is 2.29. The Morgan fingerprint density at radius 3 is 2.52 bits per heavy atom. The number of aromatic nitrogens is 6. The largest absolute Gasteiger partial charge is 0.433 e. The van der Waals surface area contributed by atoms with Gasteiger partial charge in [0.05, 0.1) is 29.4 Å². The van der Waals surface area contributed by atoms with E-state index in [-0.39, 0.29) is 17.2 Å². The maximum Gasteiger partial charge on any atom is 0.433 e. The van der Waals surface area contributed by atoms with Crippen molar-refractivity contribution in [2.24, 2.45) is 19.2 Å². The summed E-state index contributed by atoms with van der Waals surface area (Å²) in [6.07, 6.45) is -0.676. The Morgan fingerprint density at radius 2 is 1.96 bits per heavy atom. The first-order valence-electron chi connectivity index (χ1n) is 7.58. The highest BCUT2D eigenvalue weighted by Crippen LogP contribution is 2.31. The average Bonchev–Trinajstić information content (AvgIpc) is 3.12. The molecule has 0 aliphatic rings. The van der Waals surface area contributed by atoms with Gasteiger partial charge >= 0.3 is 6.18 Å². The molecule has 0 spiro atoms. The average molecular weight is 382 g/mol. The predicted octanol–water partition coefficient (Wildman–Crippen LogP) is 2.52. The lowest BCUT2D eigenvalue weighted by atomic mass is 10.2. The van der Waals surface area contributed by atoms with Gasteiger partial charge in [-0.05, 0) is 13.0 Å². The van der Waals surface area contributed by atoms with Crippen LogP contribution in [-0.4, -0.2) is 35.7 Å². The lowest BCUT2D eigenvalue weighted by Gasteiger charge is -2.09. The third-order valence-corrected chi connectivity index (χ3v) is 3.57. The Morgan fingerprint density at radius 1 is 1.22 bits per heavy atom. The number of alkyl halides is 3. The highest BCUT2D eigenvalue weighted by Gasteiger charge is 2.34. The first kappa shape index (κ1) is 18.5. The Bertz CT molecular complexity index is 1000. The summed E-state index contributed by atoms with van der Waals surface area (Å²) in [6.45, 7) is 1.58. The second-order valence-electron chi connectivity index (χ2n) is 5.65. The molecule has 3 aromatic rings. The van der Waals surface area contributed by atoms with Crippen molar-refractivity contribution in [3.63, 3.8) is 0 Å². The molecule has 8 nitrogen and oxygen atoms in total. The molecule has 0 fully saturated rings. The van der Waals surface area contributed by atoms with Crippen LogP contribution < -0.4 is 5.43 Å². The van der Waals surface area contributed by atoms with Crippen LogP contribution in [0.5, 0.6) is 0 Å². The third kappa shape index (κ3) is 3.93. The fraction of sp³-hybridized carbons (Fsp3) is 0.267. The Hall–Kier alpha value is -3.31. The molecule has 12 heteroatoms. The first-order chi connectivity index (χ1) is 12.6. The van der Waals surface area contributed by atoms with Crippen molar-refractivity contribution in [3.8, 4) is 11.3 Å². The fourth-order valence-corrected chi connectivity index (χ4v) is 2.29. The third-order valence-electron chi connectivity index (χ3n) is 3.57. The van der Waals surface area contributed by atoms with Gasteiger partial charge in [-0.15, -0.1) is 0 Å². The van der Waals surface area contributed by atoms with Gasteiger partial charge in [0.1, 0.15) is 0 Å². The van der Waals surface area contributed by atoms with Gasteiger partial charge in [-0.3, -0.25) is 4.68 Å². The van der Waals surface area contributed by atoms with Crippen molar-refractivity contribution in [1.82, 2.24) is 29.5 Å². The highest BCUT2D eigenvalue weighted by atomic mass is 19.4. The maximum absolute atomic E-state index is 13.8. The van der Waals surface area contributed by atoms with Gasteiger partial charge in [0.15, 0.2) is 5.69 Å². The number of halogens is 4. The zero-order valence-electron chi connectivity index (χ0n) is 14.5. The van der Waals surface area contributed by atoms with E-state index < -0.39 is 17.8 Å². The van der Waals surface area contributed by atoms with Gasteiger partial charge in [-0.2, -0.15) is 32.9 Å². The number of nitrogens with one attached hydrogen (secondary N) is 1. The number of nitrogens with zero attached hydrogens (tertiary/aromatic N) is 7. The van der Waals surface area contributed by atoms with Crippen LogP contribution in [0.25, 0.3) is 11.3 Å². The molecule has 3 aromatic heterocycles. The number of anilines is 1. The lowest BCUT2D eigenvalue weighted by Crippen LogP contribution is -2.11. The maximum atomic E-state index is 13.8. The van der Waals surface area contributed by atoms with Crippen molar-refractivity contribution >= 4 is 12.2 Å². The van der Waals surface area contributed by atoms with Crippen molar-refractivity contribution in [1.29, 1.82) is 0 Å². The van der Waals surface area contributed by atoms with E-state index in [2.05, 4.69) is 30.7 Å². The number of hydrogen-bond donors (Lipinski definition) is 1. The molecule has 3 heterocycles. The molecule has 0 aliphatic heterocycles. The van der Waals surface area contributed by atoms with Crippen molar-refractivity contribution in [2.45, 2.75) is 13.1 Å². The number of hydrazone groups is 1. The predicted molar refractivity (Wildman–Crippen MR) is 88.4 cm³/mol. The van der Waals surface area contributed by atoms with Crippen LogP contribution in [0.2, 0.25) is 0 Å². The summed E-state index contributed by atoms with van der Waals surface area (Å²) in [7, 11) is 3.05. The normalized spacial score (nSPS) is 12.1. The molecule has 0 saturated carbocycles. The van der Waals surface area contributed by atoms with E-state index in [0.29, 0.717) is 11.3 Å². The molecule has 0 bridgehead atoms. The molecule has 3 rings (SSSR count). The molecule has 0 unspecified atom stereocenters. The summed E-state index contributed by atoms with van der Waals surface area (Å²) in [4.78, 5) is 7.42. The molecule has 0 atom stereocenters. The molecule has 0 aromatic carbocycles. The van der Waals surface area contributed by atoms with Gasteiger partial charge in [0.2, 0.25) is 11.9 Å². The van der Waals surface area contributed by atoms with Crippen LogP contribution in [0.15, 0.2) is 23.6 Å². The zero-order chi connectivity index (χ0) is 19.8. The van der Waals surface area contributed by atoms with E-state index in [1.165, 1.54) is 24.1 Å². The van der Waals surface area contributed by atoms with E-state index in [4.69, 9.17) is 0 Å². The van der Waals surface area contributed by atoms with Crippen LogP contribution in [0.3, 0.4) is 0 Å². The van der Waals surface area contributed by atoms with E-state index in [1.807, 2.05) is 0 Å². The van der Waals surface area contributed by atoms with Crippen molar-refractivity contribution in [2.75, 3.05) is 5.43 Å². The van der Waals surface area contributed by atoms with Gasteiger partial charge in [0.25, 0.3) is 0 Å². The minimum atomic E-state index is -4.67. The summed E-state index contributed by atoms with van der Waals surface area (Å²) in [5, 5.41) is 11.5. The van der Waals surface area contributed by atoms with Crippen LogP contribution >= 0.6 is 0 Å². The highest BCUT2D eigenvalue weighted by molar-refractivity contribution is 5.81. The van der Waals surface area contributed by atoms with Gasteiger partial charge < -0.3 is 0 Å². The summed E-state index contributed by atoms with van der Waals surface area (Å²) in [6, 6.07) is 0.816. The molecule has 27 heavy (non-hydrogen) atoms. The molecular formula is C15H14F4N8. The Balaban J connectivity index is 1.93. The van der Waals surface area contributed by atoms with Crippen molar-refractivity contribution in [3.05, 3.63) is 41.4 Å². The molecule has 0 amide bonds. The van der Waals surface area contributed by atoms with Gasteiger partial charge in [-0.1, -0.05) is 0 Å². The molecule has 1 N–H and O–H groups in total. The summed E-state index contributed by atoms with van der Waals surface area (Å²) < 4.78 is 55.7. The van der Waals surface area contributed by atoms with E-state index in [9.17, 15) is 17.6 Å². The summed E-state index contributed by atoms with van der Waals surface area (Å²) in [5.41, 5.74) is 2.04. The number of rotatable bonds is 4. The minimum absolute atomic E-state index is 0.0202. The van der Waals surface area contributed by atoms with E-state index in [0.717, 1.165) is 17.0 Å². The standard InChI is InChI=1S/C15H14F4N8/c1-8-10(13(16)27(3)25-8)6-20-24-14-22-11(9-5-21-26(2)7-9)4-12(23-14)15(17,18)19/h4-7H,1-3H3,(H,22,23,24). The molecule has 0 saturated heterocycles. The first-order valence-corrected chi connectivity index (χ1v) is 7.58. The monoisotopic (exact) mass is 382 g/mol. The van der Waals surface area contributed by atoms with Crippen LogP contribution in [0.4, 0.5) is 23.5 Å². The minimum Gasteiger partial charge on any atom is -0.275 e. The van der Waals surface area contributed by atoms with E-state index >= 15 is 0 Å². The van der Waals surface area contributed by atoms with E-state index in [1.54, 1.807) is 14.0 Å². The van der Waals surface area contributed by atoms with Crippen LogP contribution in [-0.2, 0) is 20.3 Å². The zero-order valence-corrected chi connectivity index (χ0v) is 14.5. The summed E-state index contributed by atoms with van der Waals surface area (Å²) in [5.74, 6) is -1.01. The quantitative estimate of drug-likeness (QED) is 0.426. The topological polar surface area (TPSA) is 85.8 Å². The van der Waals surface area contributed by atoms with Crippen molar-refractivity contribution < 1.29 is 17.6 Å². The second kappa shape index (κ2) is 6.78. The Labute approximate surface area is 150 Å². The number of hydrogen-bond acceptors (Lipinski definition) is 6. The Kier molecular flexibility index (Phi) is 4.64.